The van der Waals surface area contributed by atoms with E-state index in [1.807, 2.05) is 24.3 Å². The van der Waals surface area contributed by atoms with Gasteiger partial charge < -0.3 is 15.4 Å². The lowest BCUT2D eigenvalue weighted by molar-refractivity contribution is 0.123. The number of urea groups is 1. The summed E-state index contributed by atoms with van der Waals surface area (Å²) in [6.45, 7) is 8.17. The molecule has 2 bridgehead atoms. The molecule has 3 atom stereocenters. The Hall–Kier alpha value is -1.55. The lowest BCUT2D eigenvalue weighted by atomic mass is 9.69. The number of carbonyl (C=O) groups excluding carboxylic acids is 1. The fourth-order valence-corrected chi connectivity index (χ4v) is 4.83. The molecular formula is C20H30N2O2. The Balaban J connectivity index is 1.58. The number of carbonyl (C=O) groups is 1. The molecule has 24 heavy (non-hydrogen) atoms. The summed E-state index contributed by atoms with van der Waals surface area (Å²) in [5, 5.41) is 6.27. The number of methoxy groups -OCH3 is 1. The molecule has 0 radical (unpaired) electrons. The summed E-state index contributed by atoms with van der Waals surface area (Å²) in [7, 11) is 1.69. The topological polar surface area (TPSA) is 50.4 Å². The van der Waals surface area contributed by atoms with Gasteiger partial charge in [-0.25, -0.2) is 4.79 Å². The van der Waals surface area contributed by atoms with Gasteiger partial charge in [0, 0.05) is 19.7 Å². The predicted octanol–water partition coefficient (Wildman–Crippen LogP) is 3.85. The Morgan fingerprint density at radius 3 is 2.54 bits per heavy atom. The first kappa shape index (κ1) is 17.3. The molecule has 2 aliphatic rings. The van der Waals surface area contributed by atoms with E-state index in [0.29, 0.717) is 18.6 Å². The van der Waals surface area contributed by atoms with E-state index in [-0.39, 0.29) is 17.5 Å². The Morgan fingerprint density at radius 2 is 1.96 bits per heavy atom. The highest BCUT2D eigenvalue weighted by molar-refractivity contribution is 5.74. The molecule has 2 N–H and O–H groups in total. The minimum absolute atomic E-state index is 0.0585. The minimum Gasteiger partial charge on any atom is -0.380 e. The number of nitrogens with one attached hydrogen (secondary N) is 2. The Labute approximate surface area is 145 Å². The summed E-state index contributed by atoms with van der Waals surface area (Å²) in [4.78, 5) is 12.4. The molecule has 132 valence electrons. The van der Waals surface area contributed by atoms with Crippen molar-refractivity contribution in [1.82, 2.24) is 10.6 Å². The molecule has 2 fully saturated rings. The summed E-state index contributed by atoms with van der Waals surface area (Å²) in [6.07, 6.45) is 3.62. The van der Waals surface area contributed by atoms with Gasteiger partial charge in [0.25, 0.3) is 0 Å². The Morgan fingerprint density at radius 1 is 1.25 bits per heavy atom. The van der Waals surface area contributed by atoms with Crippen molar-refractivity contribution < 1.29 is 9.53 Å². The van der Waals surface area contributed by atoms with Gasteiger partial charge in [-0.15, -0.1) is 0 Å². The second kappa shape index (κ2) is 6.40. The van der Waals surface area contributed by atoms with Gasteiger partial charge >= 0.3 is 6.03 Å². The standard InChI is InChI=1S/C20H30N2O2/c1-19(2)16-9-10-20(19,3)17(11-16)22-18(23)21-12-14-7-5-6-8-15(14)13-24-4/h5-8,16-17H,9-13H2,1-4H3,(H2,21,22,23). The molecule has 0 aromatic heterocycles. The zero-order valence-corrected chi connectivity index (χ0v) is 15.3. The average Bonchev–Trinajstić information content (AvgIpc) is 2.88. The third-order valence-electron chi connectivity index (χ3n) is 6.96. The van der Waals surface area contributed by atoms with Gasteiger partial charge in [0.05, 0.1) is 6.61 Å². The molecule has 1 aromatic carbocycles. The van der Waals surface area contributed by atoms with E-state index in [1.54, 1.807) is 7.11 Å². The van der Waals surface area contributed by atoms with Crippen LogP contribution in [-0.2, 0) is 17.9 Å². The summed E-state index contributed by atoms with van der Waals surface area (Å²) in [5.74, 6) is 0.732. The van der Waals surface area contributed by atoms with Gasteiger partial charge in [0.15, 0.2) is 0 Å². The van der Waals surface area contributed by atoms with Crippen LogP contribution >= 0.6 is 0 Å². The molecule has 4 heteroatoms. The molecule has 3 rings (SSSR count). The van der Waals surface area contributed by atoms with Gasteiger partial charge in [-0.1, -0.05) is 45.0 Å². The van der Waals surface area contributed by atoms with E-state index in [9.17, 15) is 4.79 Å². The molecule has 0 spiro atoms. The number of hydrogen-bond acceptors (Lipinski definition) is 2. The molecule has 0 saturated heterocycles. The fourth-order valence-electron chi connectivity index (χ4n) is 4.83. The van der Waals surface area contributed by atoms with Gasteiger partial charge in [0.1, 0.15) is 0 Å². The first-order valence-electron chi connectivity index (χ1n) is 8.98. The third-order valence-corrected chi connectivity index (χ3v) is 6.96. The zero-order valence-electron chi connectivity index (χ0n) is 15.3. The molecule has 4 nitrogen and oxygen atoms in total. The summed E-state index contributed by atoms with van der Waals surface area (Å²) >= 11 is 0. The maximum atomic E-state index is 12.4. The highest BCUT2D eigenvalue weighted by atomic mass is 16.5. The molecule has 2 aliphatic carbocycles. The van der Waals surface area contributed by atoms with Crippen molar-refractivity contribution >= 4 is 6.03 Å². The highest BCUT2D eigenvalue weighted by Crippen LogP contribution is 2.65. The molecular weight excluding hydrogens is 300 g/mol. The first-order valence-corrected chi connectivity index (χ1v) is 8.98. The quantitative estimate of drug-likeness (QED) is 0.861. The smallest absolute Gasteiger partial charge is 0.315 e. The zero-order chi connectivity index (χ0) is 17.4. The van der Waals surface area contributed by atoms with E-state index in [1.165, 1.54) is 12.8 Å². The largest absolute Gasteiger partial charge is 0.380 e. The SMILES string of the molecule is COCc1ccccc1CNC(=O)NC1CC2CCC1(C)C2(C)C. The number of amides is 2. The monoisotopic (exact) mass is 330 g/mol. The second-order valence-corrected chi connectivity index (χ2v) is 8.19. The van der Waals surface area contributed by atoms with Crippen LogP contribution in [0.3, 0.4) is 0 Å². The molecule has 2 amide bonds. The molecule has 3 unspecified atom stereocenters. The van der Waals surface area contributed by atoms with Gasteiger partial charge in [-0.3, -0.25) is 0 Å². The van der Waals surface area contributed by atoms with Crippen molar-refractivity contribution in [3.05, 3.63) is 35.4 Å². The predicted molar refractivity (Wildman–Crippen MR) is 95.5 cm³/mol. The van der Waals surface area contributed by atoms with Crippen molar-refractivity contribution in [2.45, 2.75) is 59.2 Å². The van der Waals surface area contributed by atoms with Gasteiger partial charge in [-0.05, 0) is 47.1 Å². The summed E-state index contributed by atoms with van der Waals surface area (Å²) in [6, 6.07) is 8.29. The summed E-state index contributed by atoms with van der Waals surface area (Å²) < 4.78 is 5.22. The van der Waals surface area contributed by atoms with Crippen molar-refractivity contribution in [3.8, 4) is 0 Å². The lowest BCUT2D eigenvalue weighted by Gasteiger charge is -2.39. The molecule has 0 aliphatic heterocycles. The van der Waals surface area contributed by atoms with Crippen LogP contribution in [0, 0.1) is 16.7 Å². The third kappa shape index (κ3) is 2.81. The van der Waals surface area contributed by atoms with Crippen molar-refractivity contribution in [3.63, 3.8) is 0 Å². The van der Waals surface area contributed by atoms with Crippen LogP contribution in [0.25, 0.3) is 0 Å². The van der Waals surface area contributed by atoms with E-state index >= 15 is 0 Å². The van der Waals surface area contributed by atoms with Crippen molar-refractivity contribution in [1.29, 1.82) is 0 Å². The van der Waals surface area contributed by atoms with Crippen molar-refractivity contribution in [2.24, 2.45) is 16.7 Å². The van der Waals surface area contributed by atoms with Crippen LogP contribution in [0.2, 0.25) is 0 Å². The van der Waals surface area contributed by atoms with Crippen LogP contribution < -0.4 is 10.6 Å². The second-order valence-electron chi connectivity index (χ2n) is 8.19. The molecule has 1 aromatic rings. The summed E-state index contributed by atoms with van der Waals surface area (Å²) in [5.41, 5.74) is 2.75. The number of benzene rings is 1. The normalized spacial score (nSPS) is 30.3. The Bertz CT molecular complexity index is 613. The number of fused-ring (bicyclic) bond motifs is 2. The molecule has 2 saturated carbocycles. The van der Waals surface area contributed by atoms with E-state index in [2.05, 4.69) is 31.4 Å². The van der Waals surface area contributed by atoms with Crippen LogP contribution in [-0.4, -0.2) is 19.2 Å². The van der Waals surface area contributed by atoms with Crippen LogP contribution in [0.1, 0.15) is 51.2 Å². The average molecular weight is 330 g/mol. The van der Waals surface area contributed by atoms with Gasteiger partial charge in [0.2, 0.25) is 0 Å². The maximum Gasteiger partial charge on any atom is 0.315 e. The number of hydrogen-bond donors (Lipinski definition) is 2. The van der Waals surface area contributed by atoms with Crippen LogP contribution in [0.15, 0.2) is 24.3 Å². The Kier molecular flexibility index (Phi) is 4.60. The number of ether oxygens (including phenoxy) is 1. The number of rotatable bonds is 5. The van der Waals surface area contributed by atoms with Gasteiger partial charge in [-0.2, -0.15) is 0 Å². The van der Waals surface area contributed by atoms with Crippen LogP contribution in [0.4, 0.5) is 4.79 Å². The van der Waals surface area contributed by atoms with Crippen molar-refractivity contribution in [2.75, 3.05) is 7.11 Å². The fraction of sp³-hybridized carbons (Fsp3) is 0.650. The van der Waals surface area contributed by atoms with E-state index in [0.717, 1.165) is 23.5 Å². The minimum atomic E-state index is -0.0585. The lowest BCUT2D eigenvalue weighted by Crippen LogP contribution is -2.50. The first-order chi connectivity index (χ1) is 11.4. The highest BCUT2D eigenvalue weighted by Gasteiger charge is 2.61. The maximum absolute atomic E-state index is 12.4. The van der Waals surface area contributed by atoms with Crippen LogP contribution in [0.5, 0.6) is 0 Å². The van der Waals surface area contributed by atoms with E-state index in [4.69, 9.17) is 4.74 Å². The molecule has 0 heterocycles. The van der Waals surface area contributed by atoms with E-state index < -0.39 is 0 Å².